The highest BCUT2D eigenvalue weighted by Crippen LogP contribution is 2.31. The molecule has 1 fully saturated rings. The molecule has 2 rings (SSSR count). The van der Waals surface area contributed by atoms with Crippen LogP contribution in [-0.2, 0) is 0 Å². The second-order valence-corrected chi connectivity index (χ2v) is 4.93. The van der Waals surface area contributed by atoms with Crippen LogP contribution in [0.5, 0.6) is 5.75 Å². The van der Waals surface area contributed by atoms with Crippen molar-refractivity contribution in [1.82, 2.24) is 0 Å². The largest absolute Gasteiger partial charge is 0.486 e. The minimum Gasteiger partial charge on any atom is -0.486 e. The van der Waals surface area contributed by atoms with Crippen LogP contribution in [-0.4, -0.2) is 22.4 Å². The average molecular weight is 257 g/mol. The molecule has 0 aliphatic heterocycles. The number of halogens is 1. The highest BCUT2D eigenvalue weighted by Gasteiger charge is 2.27. The van der Waals surface area contributed by atoms with Gasteiger partial charge in [-0.1, -0.05) is 17.7 Å². The molecular formula is C13H17ClO3. The van der Waals surface area contributed by atoms with Crippen molar-refractivity contribution < 1.29 is 14.9 Å². The van der Waals surface area contributed by atoms with Crippen LogP contribution in [0.1, 0.15) is 37.9 Å². The van der Waals surface area contributed by atoms with Crippen molar-refractivity contribution in [3.05, 3.63) is 28.8 Å². The molecule has 0 spiro atoms. The molecule has 94 valence electrons. The van der Waals surface area contributed by atoms with E-state index in [0.717, 1.165) is 24.8 Å². The van der Waals surface area contributed by atoms with E-state index in [2.05, 4.69) is 0 Å². The third-order valence-electron chi connectivity index (χ3n) is 3.13. The van der Waals surface area contributed by atoms with Gasteiger partial charge in [0.2, 0.25) is 0 Å². The SMILES string of the molecule is C[C@H](O)c1ccc(OC2CCCC2O)c(Cl)c1. The van der Waals surface area contributed by atoms with Crippen molar-refractivity contribution in [2.24, 2.45) is 0 Å². The minimum atomic E-state index is -0.543. The van der Waals surface area contributed by atoms with Crippen molar-refractivity contribution in [1.29, 1.82) is 0 Å². The number of rotatable bonds is 3. The quantitative estimate of drug-likeness (QED) is 0.874. The fourth-order valence-corrected chi connectivity index (χ4v) is 2.31. The van der Waals surface area contributed by atoms with E-state index in [-0.39, 0.29) is 6.10 Å². The zero-order chi connectivity index (χ0) is 12.4. The van der Waals surface area contributed by atoms with E-state index in [1.54, 1.807) is 25.1 Å². The maximum Gasteiger partial charge on any atom is 0.138 e. The highest BCUT2D eigenvalue weighted by atomic mass is 35.5. The van der Waals surface area contributed by atoms with E-state index < -0.39 is 12.2 Å². The van der Waals surface area contributed by atoms with E-state index >= 15 is 0 Å². The molecule has 2 N–H and O–H groups in total. The van der Waals surface area contributed by atoms with E-state index in [1.165, 1.54) is 0 Å². The van der Waals surface area contributed by atoms with Crippen LogP contribution in [0.15, 0.2) is 18.2 Å². The lowest BCUT2D eigenvalue weighted by molar-refractivity contribution is 0.0604. The molecule has 1 aliphatic carbocycles. The van der Waals surface area contributed by atoms with Gasteiger partial charge in [-0.3, -0.25) is 0 Å². The first-order chi connectivity index (χ1) is 8.08. The van der Waals surface area contributed by atoms with Gasteiger partial charge in [-0.05, 0) is 43.9 Å². The summed E-state index contributed by atoms with van der Waals surface area (Å²) in [6.45, 7) is 1.69. The maximum atomic E-state index is 9.68. The summed E-state index contributed by atoms with van der Waals surface area (Å²) in [5, 5.41) is 19.6. The first-order valence-corrected chi connectivity index (χ1v) is 6.28. The van der Waals surface area contributed by atoms with Crippen molar-refractivity contribution in [2.75, 3.05) is 0 Å². The van der Waals surface area contributed by atoms with E-state index in [9.17, 15) is 10.2 Å². The van der Waals surface area contributed by atoms with E-state index in [4.69, 9.17) is 16.3 Å². The highest BCUT2D eigenvalue weighted by molar-refractivity contribution is 6.32. The van der Waals surface area contributed by atoms with Crippen molar-refractivity contribution >= 4 is 11.6 Å². The van der Waals surface area contributed by atoms with Gasteiger partial charge in [0.1, 0.15) is 11.9 Å². The van der Waals surface area contributed by atoms with Crippen LogP contribution in [0.25, 0.3) is 0 Å². The molecule has 1 aromatic carbocycles. The standard InChI is InChI=1S/C13H17ClO3/c1-8(15)9-5-6-12(10(14)7-9)17-13-4-2-3-11(13)16/h5-8,11,13,15-16H,2-4H2,1H3/t8-,11?,13?/m0/s1. The Kier molecular flexibility index (Phi) is 3.92. The Hall–Kier alpha value is -0.770. The van der Waals surface area contributed by atoms with Gasteiger partial charge >= 0.3 is 0 Å². The van der Waals surface area contributed by atoms with E-state index in [0.29, 0.717) is 10.8 Å². The molecule has 4 heteroatoms. The first-order valence-electron chi connectivity index (χ1n) is 5.90. The van der Waals surface area contributed by atoms with Gasteiger partial charge in [-0.25, -0.2) is 0 Å². The lowest BCUT2D eigenvalue weighted by Crippen LogP contribution is -2.25. The fraction of sp³-hybridized carbons (Fsp3) is 0.538. The summed E-state index contributed by atoms with van der Waals surface area (Å²) in [5.41, 5.74) is 0.759. The molecule has 3 nitrogen and oxygen atoms in total. The summed E-state index contributed by atoms with van der Waals surface area (Å²) >= 11 is 6.08. The number of hydrogen-bond donors (Lipinski definition) is 2. The summed E-state index contributed by atoms with van der Waals surface area (Å²) < 4.78 is 5.69. The Morgan fingerprint density at radius 2 is 2.18 bits per heavy atom. The lowest BCUT2D eigenvalue weighted by Gasteiger charge is -2.18. The van der Waals surface area contributed by atoms with Gasteiger partial charge < -0.3 is 14.9 Å². The zero-order valence-corrected chi connectivity index (χ0v) is 10.5. The Bertz CT molecular complexity index is 392. The van der Waals surface area contributed by atoms with Crippen molar-refractivity contribution in [2.45, 2.75) is 44.5 Å². The van der Waals surface area contributed by atoms with Crippen LogP contribution < -0.4 is 4.74 Å². The van der Waals surface area contributed by atoms with Crippen LogP contribution in [0.4, 0.5) is 0 Å². The molecule has 0 heterocycles. The van der Waals surface area contributed by atoms with Crippen LogP contribution in [0.3, 0.4) is 0 Å². The van der Waals surface area contributed by atoms with Crippen LogP contribution in [0, 0.1) is 0 Å². The lowest BCUT2D eigenvalue weighted by atomic mass is 10.1. The molecule has 17 heavy (non-hydrogen) atoms. The number of benzene rings is 1. The Morgan fingerprint density at radius 3 is 2.71 bits per heavy atom. The Morgan fingerprint density at radius 1 is 1.41 bits per heavy atom. The summed E-state index contributed by atoms with van der Waals surface area (Å²) in [4.78, 5) is 0. The smallest absolute Gasteiger partial charge is 0.138 e. The topological polar surface area (TPSA) is 49.7 Å². The van der Waals surface area contributed by atoms with Gasteiger partial charge in [0.25, 0.3) is 0 Å². The van der Waals surface area contributed by atoms with Gasteiger partial charge in [0.05, 0.1) is 17.2 Å². The third-order valence-corrected chi connectivity index (χ3v) is 3.43. The molecule has 0 bridgehead atoms. The average Bonchev–Trinajstić information content (AvgIpc) is 2.67. The first kappa shape index (κ1) is 12.7. The monoisotopic (exact) mass is 256 g/mol. The zero-order valence-electron chi connectivity index (χ0n) is 9.77. The summed E-state index contributed by atoms with van der Waals surface area (Å²) in [5.74, 6) is 0.571. The molecule has 1 aliphatic rings. The van der Waals surface area contributed by atoms with Crippen LogP contribution >= 0.6 is 11.6 Å². The van der Waals surface area contributed by atoms with Crippen molar-refractivity contribution in [3.63, 3.8) is 0 Å². The molecule has 0 aromatic heterocycles. The maximum absolute atomic E-state index is 9.68. The summed E-state index contributed by atoms with van der Waals surface area (Å²) in [6, 6.07) is 5.23. The van der Waals surface area contributed by atoms with Crippen molar-refractivity contribution in [3.8, 4) is 5.75 Å². The number of aliphatic hydroxyl groups excluding tert-OH is 2. The molecule has 0 amide bonds. The molecule has 3 atom stereocenters. The minimum absolute atomic E-state index is 0.162. The van der Waals surface area contributed by atoms with Crippen LogP contribution in [0.2, 0.25) is 5.02 Å². The summed E-state index contributed by atoms with van der Waals surface area (Å²) in [7, 11) is 0. The fourth-order valence-electron chi connectivity index (χ4n) is 2.08. The normalized spacial score (nSPS) is 25.9. The Balaban J connectivity index is 2.11. The third kappa shape index (κ3) is 2.92. The second-order valence-electron chi connectivity index (χ2n) is 4.52. The van der Waals surface area contributed by atoms with Gasteiger partial charge in [0.15, 0.2) is 0 Å². The number of hydrogen-bond acceptors (Lipinski definition) is 3. The molecule has 2 unspecified atom stereocenters. The molecule has 1 aromatic rings. The predicted molar refractivity (Wildman–Crippen MR) is 66.4 cm³/mol. The van der Waals surface area contributed by atoms with Gasteiger partial charge in [-0.15, -0.1) is 0 Å². The molecule has 0 radical (unpaired) electrons. The van der Waals surface area contributed by atoms with E-state index in [1.807, 2.05) is 0 Å². The molecular weight excluding hydrogens is 240 g/mol. The molecule has 0 saturated heterocycles. The predicted octanol–water partition coefficient (Wildman–Crippen LogP) is 2.69. The number of aliphatic hydroxyl groups is 2. The summed E-state index contributed by atoms with van der Waals surface area (Å²) in [6.07, 6.45) is 1.52. The second kappa shape index (κ2) is 5.25. The van der Waals surface area contributed by atoms with Gasteiger partial charge in [-0.2, -0.15) is 0 Å². The number of ether oxygens (including phenoxy) is 1. The Labute approximate surface area is 106 Å². The molecule has 1 saturated carbocycles. The van der Waals surface area contributed by atoms with Gasteiger partial charge in [0, 0.05) is 0 Å².